The zero-order valence-electron chi connectivity index (χ0n) is 7.68. The molecule has 2 aromatic heterocycles. The average Bonchev–Trinajstić information content (AvgIpc) is 2.58. The number of nitrogens with zero attached hydrogens (tertiary/aromatic N) is 2. The lowest BCUT2D eigenvalue weighted by atomic mass is 10.4. The summed E-state index contributed by atoms with van der Waals surface area (Å²) in [6.45, 7) is 0.458. The molecular formula is C9H8BrN3OS. The minimum Gasteiger partial charge on any atom is -0.398 e. The van der Waals surface area contributed by atoms with Crippen molar-refractivity contribution in [2.75, 3.05) is 5.73 Å². The number of hydrogen-bond acceptors (Lipinski definition) is 4. The van der Waals surface area contributed by atoms with E-state index in [1.165, 1.54) is 17.4 Å². The second-order valence-electron chi connectivity index (χ2n) is 2.99. The topological polar surface area (TPSA) is 60.9 Å². The van der Waals surface area contributed by atoms with E-state index in [1.54, 1.807) is 23.0 Å². The van der Waals surface area contributed by atoms with Crippen molar-refractivity contribution in [2.45, 2.75) is 6.54 Å². The van der Waals surface area contributed by atoms with Gasteiger partial charge in [0.25, 0.3) is 5.56 Å². The van der Waals surface area contributed by atoms with Crippen molar-refractivity contribution >= 4 is 33.0 Å². The molecule has 0 aliphatic heterocycles. The van der Waals surface area contributed by atoms with Crippen LogP contribution in [0, 0.1) is 0 Å². The van der Waals surface area contributed by atoms with Crippen molar-refractivity contribution in [1.82, 2.24) is 9.55 Å². The first-order valence-electron chi connectivity index (χ1n) is 4.21. The van der Waals surface area contributed by atoms with Gasteiger partial charge in [0.2, 0.25) is 0 Å². The van der Waals surface area contributed by atoms with E-state index in [9.17, 15) is 4.79 Å². The number of rotatable bonds is 2. The van der Waals surface area contributed by atoms with Crippen LogP contribution in [0.1, 0.15) is 5.01 Å². The SMILES string of the molecule is Nc1ccc(=O)n(Cc2ncc(Br)s2)c1. The van der Waals surface area contributed by atoms with E-state index >= 15 is 0 Å². The Hall–Kier alpha value is -1.14. The normalized spacial score (nSPS) is 10.5. The summed E-state index contributed by atoms with van der Waals surface area (Å²) in [4.78, 5) is 15.6. The number of nitrogens with two attached hydrogens (primary N) is 1. The first-order chi connectivity index (χ1) is 7.15. The first kappa shape index (κ1) is 10.4. The molecule has 0 atom stereocenters. The molecule has 0 radical (unpaired) electrons. The van der Waals surface area contributed by atoms with E-state index < -0.39 is 0 Å². The summed E-state index contributed by atoms with van der Waals surface area (Å²) >= 11 is 4.82. The van der Waals surface area contributed by atoms with Crippen molar-refractivity contribution in [3.63, 3.8) is 0 Å². The predicted octanol–water partition coefficient (Wildman–Crippen LogP) is 1.70. The molecule has 2 heterocycles. The number of aromatic nitrogens is 2. The molecule has 15 heavy (non-hydrogen) atoms. The molecular weight excluding hydrogens is 278 g/mol. The lowest BCUT2D eigenvalue weighted by Gasteiger charge is -2.02. The van der Waals surface area contributed by atoms with Crippen molar-refractivity contribution in [3.05, 3.63) is 43.7 Å². The second-order valence-corrected chi connectivity index (χ2v) is 5.48. The number of thiazole rings is 1. The number of hydrogen-bond donors (Lipinski definition) is 1. The fraction of sp³-hybridized carbons (Fsp3) is 0.111. The molecule has 6 heteroatoms. The van der Waals surface area contributed by atoms with Gasteiger partial charge in [-0.1, -0.05) is 0 Å². The molecule has 0 aromatic carbocycles. The molecule has 78 valence electrons. The molecule has 2 rings (SSSR count). The minimum atomic E-state index is -0.0736. The van der Waals surface area contributed by atoms with Crippen LogP contribution in [0.2, 0.25) is 0 Å². The van der Waals surface area contributed by atoms with E-state index in [2.05, 4.69) is 20.9 Å². The Balaban J connectivity index is 2.31. The third-order valence-electron chi connectivity index (χ3n) is 1.84. The van der Waals surface area contributed by atoms with Crippen LogP contribution in [0.25, 0.3) is 0 Å². The molecule has 0 aliphatic rings. The third-order valence-corrected chi connectivity index (χ3v) is 3.30. The lowest BCUT2D eigenvalue weighted by molar-refractivity contribution is 0.756. The smallest absolute Gasteiger partial charge is 0.251 e. The first-order valence-corrected chi connectivity index (χ1v) is 5.82. The summed E-state index contributed by atoms with van der Waals surface area (Å²) in [7, 11) is 0. The highest BCUT2D eigenvalue weighted by Crippen LogP contribution is 2.19. The van der Waals surface area contributed by atoms with Crippen molar-refractivity contribution < 1.29 is 0 Å². The van der Waals surface area contributed by atoms with Crippen LogP contribution < -0.4 is 11.3 Å². The van der Waals surface area contributed by atoms with Crippen LogP contribution in [-0.2, 0) is 6.54 Å². The highest BCUT2D eigenvalue weighted by Gasteiger charge is 2.02. The number of nitrogen functional groups attached to an aromatic ring is 1. The largest absolute Gasteiger partial charge is 0.398 e. The Bertz CT molecular complexity index is 534. The Morgan fingerprint density at radius 3 is 3.00 bits per heavy atom. The lowest BCUT2D eigenvalue weighted by Crippen LogP contribution is -2.19. The molecule has 0 amide bonds. The molecule has 0 bridgehead atoms. The van der Waals surface area contributed by atoms with E-state index in [0.29, 0.717) is 12.2 Å². The maximum absolute atomic E-state index is 11.5. The van der Waals surface area contributed by atoms with Gasteiger partial charge in [-0.3, -0.25) is 4.79 Å². The summed E-state index contributed by atoms with van der Waals surface area (Å²) in [5.74, 6) is 0. The Labute approximate surface area is 98.5 Å². The number of anilines is 1. The van der Waals surface area contributed by atoms with E-state index in [1.807, 2.05) is 0 Å². The average molecular weight is 286 g/mol. The van der Waals surface area contributed by atoms with Crippen LogP contribution in [0.3, 0.4) is 0 Å². The van der Waals surface area contributed by atoms with Gasteiger partial charge in [0.05, 0.1) is 16.5 Å². The molecule has 0 saturated carbocycles. The third kappa shape index (κ3) is 2.45. The van der Waals surface area contributed by atoms with Gasteiger partial charge in [0, 0.05) is 18.0 Å². The number of halogens is 1. The van der Waals surface area contributed by atoms with E-state index in [4.69, 9.17) is 5.73 Å². The fourth-order valence-electron chi connectivity index (χ4n) is 1.18. The zero-order chi connectivity index (χ0) is 10.8. The number of pyridine rings is 1. The maximum atomic E-state index is 11.5. The van der Waals surface area contributed by atoms with Gasteiger partial charge < -0.3 is 10.3 Å². The van der Waals surface area contributed by atoms with Crippen LogP contribution in [0.5, 0.6) is 0 Å². The Morgan fingerprint density at radius 2 is 2.33 bits per heavy atom. The molecule has 4 nitrogen and oxygen atoms in total. The monoisotopic (exact) mass is 285 g/mol. The quantitative estimate of drug-likeness (QED) is 0.914. The van der Waals surface area contributed by atoms with Crippen molar-refractivity contribution in [3.8, 4) is 0 Å². The highest BCUT2D eigenvalue weighted by atomic mass is 79.9. The second kappa shape index (κ2) is 4.16. The van der Waals surface area contributed by atoms with Gasteiger partial charge in [-0.25, -0.2) is 4.98 Å². The summed E-state index contributed by atoms with van der Waals surface area (Å²) in [5, 5.41) is 0.870. The summed E-state index contributed by atoms with van der Waals surface area (Å²) in [6, 6.07) is 3.05. The molecule has 2 N–H and O–H groups in total. The Kier molecular flexibility index (Phi) is 2.88. The zero-order valence-corrected chi connectivity index (χ0v) is 10.1. The van der Waals surface area contributed by atoms with E-state index in [-0.39, 0.29) is 5.56 Å². The fourth-order valence-corrected chi connectivity index (χ4v) is 2.48. The van der Waals surface area contributed by atoms with Crippen molar-refractivity contribution in [2.24, 2.45) is 0 Å². The van der Waals surface area contributed by atoms with Crippen molar-refractivity contribution in [1.29, 1.82) is 0 Å². The van der Waals surface area contributed by atoms with Gasteiger partial charge in [-0.2, -0.15) is 0 Å². The minimum absolute atomic E-state index is 0.0736. The molecule has 0 saturated heterocycles. The molecule has 0 aliphatic carbocycles. The van der Waals surface area contributed by atoms with Gasteiger partial charge in [-0.05, 0) is 22.0 Å². The molecule has 0 unspecified atom stereocenters. The van der Waals surface area contributed by atoms with Crippen LogP contribution >= 0.6 is 27.3 Å². The molecule has 0 fully saturated rings. The molecule has 0 spiro atoms. The molecule has 2 aromatic rings. The van der Waals surface area contributed by atoms with Gasteiger partial charge in [0.1, 0.15) is 5.01 Å². The van der Waals surface area contributed by atoms with Crippen LogP contribution in [0.15, 0.2) is 33.1 Å². The predicted molar refractivity (Wildman–Crippen MR) is 64.0 cm³/mol. The Morgan fingerprint density at radius 1 is 1.53 bits per heavy atom. The van der Waals surface area contributed by atoms with Gasteiger partial charge in [-0.15, -0.1) is 11.3 Å². The summed E-state index contributed by atoms with van der Waals surface area (Å²) in [6.07, 6.45) is 3.34. The van der Waals surface area contributed by atoms with E-state index in [0.717, 1.165) is 8.79 Å². The van der Waals surface area contributed by atoms with Gasteiger partial charge >= 0.3 is 0 Å². The van der Waals surface area contributed by atoms with Crippen LogP contribution in [0.4, 0.5) is 5.69 Å². The summed E-state index contributed by atoms with van der Waals surface area (Å²) < 4.78 is 2.50. The maximum Gasteiger partial charge on any atom is 0.251 e. The highest BCUT2D eigenvalue weighted by molar-refractivity contribution is 9.11. The van der Waals surface area contributed by atoms with Gasteiger partial charge in [0.15, 0.2) is 0 Å². The summed E-state index contributed by atoms with van der Waals surface area (Å²) in [5.41, 5.74) is 6.10. The van der Waals surface area contributed by atoms with Crippen LogP contribution in [-0.4, -0.2) is 9.55 Å². The standard InChI is InChI=1S/C9H8BrN3OS/c10-7-3-12-8(15-7)5-13-4-6(11)1-2-9(13)14/h1-4H,5,11H2.